The van der Waals surface area contributed by atoms with Crippen LogP contribution in [0, 0.1) is 0 Å². The van der Waals surface area contributed by atoms with Gasteiger partial charge in [0.05, 0.1) is 6.61 Å². The van der Waals surface area contributed by atoms with Gasteiger partial charge in [0.2, 0.25) is 5.91 Å². The molecule has 0 heterocycles. The molecule has 100 valence electrons. The number of carbonyl (C=O) groups excluding carboxylic acids is 1. The van der Waals surface area contributed by atoms with Crippen LogP contribution in [0.4, 0.5) is 0 Å². The van der Waals surface area contributed by atoms with E-state index in [2.05, 4.69) is 0 Å². The summed E-state index contributed by atoms with van der Waals surface area (Å²) in [7, 11) is 1.78. The molecule has 0 fully saturated rings. The molecule has 0 N–H and O–H groups in total. The molecule has 0 spiro atoms. The van der Waals surface area contributed by atoms with E-state index in [1.165, 1.54) is 0 Å². The van der Waals surface area contributed by atoms with Gasteiger partial charge in [0.25, 0.3) is 0 Å². The number of nitrogens with zero attached hydrogens (tertiary/aromatic N) is 1. The van der Waals surface area contributed by atoms with E-state index in [1.54, 1.807) is 11.9 Å². The zero-order valence-electron chi connectivity index (χ0n) is 11.3. The molecule has 0 aliphatic rings. The maximum absolute atomic E-state index is 11.7. The maximum Gasteiger partial charge on any atom is 0.248 e. The SMILES string of the molecule is CCOCC(=O)N(C)Cc1ccc(OCC)cc1. The van der Waals surface area contributed by atoms with Gasteiger partial charge >= 0.3 is 0 Å². The number of hydrogen-bond acceptors (Lipinski definition) is 3. The molecule has 1 rings (SSSR count). The molecule has 0 aliphatic heterocycles. The van der Waals surface area contributed by atoms with Crippen LogP contribution in [0.3, 0.4) is 0 Å². The molecular weight excluding hydrogens is 230 g/mol. The molecule has 0 aliphatic carbocycles. The van der Waals surface area contributed by atoms with Crippen LogP contribution in [0.25, 0.3) is 0 Å². The molecule has 0 atom stereocenters. The summed E-state index contributed by atoms with van der Waals surface area (Å²) in [6.45, 7) is 5.77. The van der Waals surface area contributed by atoms with Gasteiger partial charge in [0.15, 0.2) is 0 Å². The Hall–Kier alpha value is -1.55. The number of benzene rings is 1. The van der Waals surface area contributed by atoms with Crippen LogP contribution in [0.5, 0.6) is 5.75 Å². The zero-order valence-corrected chi connectivity index (χ0v) is 11.3. The molecule has 0 aromatic heterocycles. The highest BCUT2D eigenvalue weighted by molar-refractivity contribution is 5.77. The van der Waals surface area contributed by atoms with Crippen LogP contribution in [0.1, 0.15) is 19.4 Å². The number of likely N-dealkylation sites (N-methyl/N-ethyl adjacent to an activating group) is 1. The average molecular weight is 251 g/mol. The number of hydrogen-bond donors (Lipinski definition) is 0. The fraction of sp³-hybridized carbons (Fsp3) is 0.500. The van der Waals surface area contributed by atoms with Crippen molar-refractivity contribution in [3.63, 3.8) is 0 Å². The molecule has 18 heavy (non-hydrogen) atoms. The third-order valence-corrected chi connectivity index (χ3v) is 2.51. The summed E-state index contributed by atoms with van der Waals surface area (Å²) >= 11 is 0. The summed E-state index contributed by atoms with van der Waals surface area (Å²) in [4.78, 5) is 13.3. The standard InChI is InChI=1S/C14H21NO3/c1-4-17-11-14(16)15(3)10-12-6-8-13(9-7-12)18-5-2/h6-9H,4-5,10-11H2,1-3H3. The largest absolute Gasteiger partial charge is 0.494 e. The molecule has 4 nitrogen and oxygen atoms in total. The van der Waals surface area contributed by atoms with Crippen LogP contribution in [0.15, 0.2) is 24.3 Å². The molecule has 1 aromatic carbocycles. The molecule has 0 unspecified atom stereocenters. The first kappa shape index (κ1) is 14.5. The number of carbonyl (C=O) groups is 1. The Bertz CT molecular complexity index is 362. The normalized spacial score (nSPS) is 10.2. The minimum atomic E-state index is -0.00858. The minimum absolute atomic E-state index is 0.00858. The van der Waals surface area contributed by atoms with E-state index in [-0.39, 0.29) is 12.5 Å². The predicted molar refractivity (Wildman–Crippen MR) is 70.6 cm³/mol. The molecule has 0 saturated carbocycles. The Balaban J connectivity index is 2.48. The highest BCUT2D eigenvalue weighted by Gasteiger charge is 2.08. The Morgan fingerprint density at radius 2 is 1.83 bits per heavy atom. The fourth-order valence-corrected chi connectivity index (χ4v) is 1.52. The summed E-state index contributed by atoms with van der Waals surface area (Å²) in [5.74, 6) is 0.843. The van der Waals surface area contributed by atoms with Gasteiger partial charge in [-0.1, -0.05) is 12.1 Å². The van der Waals surface area contributed by atoms with E-state index in [4.69, 9.17) is 9.47 Å². The van der Waals surface area contributed by atoms with E-state index in [0.717, 1.165) is 11.3 Å². The van der Waals surface area contributed by atoms with Crippen molar-refractivity contribution < 1.29 is 14.3 Å². The maximum atomic E-state index is 11.7. The smallest absolute Gasteiger partial charge is 0.248 e. The van der Waals surface area contributed by atoms with Gasteiger partial charge in [0, 0.05) is 20.2 Å². The third kappa shape index (κ3) is 4.75. The van der Waals surface area contributed by atoms with Gasteiger partial charge in [-0.15, -0.1) is 0 Å². The van der Waals surface area contributed by atoms with Crippen molar-refractivity contribution in [3.05, 3.63) is 29.8 Å². The lowest BCUT2D eigenvalue weighted by Crippen LogP contribution is -2.29. The average Bonchev–Trinajstić information content (AvgIpc) is 2.38. The molecular formula is C14H21NO3. The number of amides is 1. The van der Waals surface area contributed by atoms with Crippen molar-refractivity contribution >= 4 is 5.91 Å². The third-order valence-electron chi connectivity index (χ3n) is 2.51. The van der Waals surface area contributed by atoms with Gasteiger partial charge in [-0.2, -0.15) is 0 Å². The summed E-state index contributed by atoms with van der Waals surface area (Å²) in [5, 5.41) is 0. The second-order valence-electron chi connectivity index (χ2n) is 3.96. The summed E-state index contributed by atoms with van der Waals surface area (Å²) in [5.41, 5.74) is 1.07. The predicted octanol–water partition coefficient (Wildman–Crippen LogP) is 2.08. The Morgan fingerprint density at radius 1 is 1.17 bits per heavy atom. The second-order valence-corrected chi connectivity index (χ2v) is 3.96. The molecule has 4 heteroatoms. The molecule has 1 aromatic rings. The highest BCUT2D eigenvalue weighted by Crippen LogP contribution is 2.13. The fourth-order valence-electron chi connectivity index (χ4n) is 1.52. The molecule has 0 bridgehead atoms. The van der Waals surface area contributed by atoms with E-state index < -0.39 is 0 Å². The summed E-state index contributed by atoms with van der Waals surface area (Å²) < 4.78 is 10.5. The van der Waals surface area contributed by atoms with Crippen LogP contribution < -0.4 is 4.74 Å². The van der Waals surface area contributed by atoms with E-state index in [0.29, 0.717) is 19.8 Å². The van der Waals surface area contributed by atoms with Gasteiger partial charge in [-0.05, 0) is 31.5 Å². The highest BCUT2D eigenvalue weighted by atomic mass is 16.5. The second kappa shape index (κ2) is 7.71. The van der Waals surface area contributed by atoms with Crippen molar-refractivity contribution in [1.82, 2.24) is 4.90 Å². The molecule has 0 radical (unpaired) electrons. The van der Waals surface area contributed by atoms with Crippen LogP contribution in [0.2, 0.25) is 0 Å². The summed E-state index contributed by atoms with van der Waals surface area (Å²) in [6.07, 6.45) is 0. The van der Waals surface area contributed by atoms with Gasteiger partial charge < -0.3 is 14.4 Å². The number of rotatable bonds is 7. The van der Waals surface area contributed by atoms with Gasteiger partial charge in [-0.25, -0.2) is 0 Å². The van der Waals surface area contributed by atoms with Crippen molar-refractivity contribution in [2.75, 3.05) is 26.9 Å². The minimum Gasteiger partial charge on any atom is -0.494 e. The Kier molecular flexibility index (Phi) is 6.22. The van der Waals surface area contributed by atoms with Crippen LogP contribution in [-0.2, 0) is 16.1 Å². The Labute approximate surface area is 108 Å². The lowest BCUT2D eigenvalue weighted by atomic mass is 10.2. The van der Waals surface area contributed by atoms with E-state index >= 15 is 0 Å². The van der Waals surface area contributed by atoms with Crippen molar-refractivity contribution in [2.45, 2.75) is 20.4 Å². The van der Waals surface area contributed by atoms with E-state index in [1.807, 2.05) is 38.1 Å². The first-order valence-corrected chi connectivity index (χ1v) is 6.20. The number of ether oxygens (including phenoxy) is 2. The summed E-state index contributed by atoms with van der Waals surface area (Å²) in [6, 6.07) is 7.77. The lowest BCUT2D eigenvalue weighted by Gasteiger charge is -2.17. The lowest BCUT2D eigenvalue weighted by molar-refractivity contribution is -0.135. The van der Waals surface area contributed by atoms with Crippen LogP contribution >= 0.6 is 0 Å². The van der Waals surface area contributed by atoms with Gasteiger partial charge in [0.1, 0.15) is 12.4 Å². The Morgan fingerprint density at radius 3 is 2.39 bits per heavy atom. The van der Waals surface area contributed by atoms with E-state index in [9.17, 15) is 4.79 Å². The molecule has 0 saturated heterocycles. The first-order chi connectivity index (χ1) is 8.67. The molecule has 1 amide bonds. The quantitative estimate of drug-likeness (QED) is 0.744. The topological polar surface area (TPSA) is 38.8 Å². The van der Waals surface area contributed by atoms with Crippen molar-refractivity contribution in [1.29, 1.82) is 0 Å². The first-order valence-electron chi connectivity index (χ1n) is 6.20. The van der Waals surface area contributed by atoms with Crippen molar-refractivity contribution in [2.24, 2.45) is 0 Å². The monoisotopic (exact) mass is 251 g/mol. The zero-order chi connectivity index (χ0) is 13.4. The van der Waals surface area contributed by atoms with Gasteiger partial charge in [-0.3, -0.25) is 4.79 Å². The van der Waals surface area contributed by atoms with Crippen LogP contribution in [-0.4, -0.2) is 37.7 Å². The van der Waals surface area contributed by atoms with Crippen molar-refractivity contribution in [3.8, 4) is 5.75 Å².